The molecule has 0 saturated carbocycles. The Kier molecular flexibility index (Phi) is 9.61. The van der Waals surface area contributed by atoms with Crippen molar-refractivity contribution in [3.05, 3.63) is 65.0 Å². The largest absolute Gasteiger partial charge is 0.354 e. The van der Waals surface area contributed by atoms with Crippen LogP contribution in [0, 0.1) is 19.7 Å². The van der Waals surface area contributed by atoms with Crippen molar-refractivity contribution in [3.63, 3.8) is 0 Å². The van der Waals surface area contributed by atoms with E-state index < -0.39 is 34.3 Å². The fourth-order valence-corrected chi connectivity index (χ4v) is 4.41. The van der Waals surface area contributed by atoms with Crippen LogP contribution in [0.4, 0.5) is 10.1 Å². The number of nitrogens with one attached hydrogen (secondary N) is 1. The molecule has 7 nitrogen and oxygen atoms in total. The topological polar surface area (TPSA) is 86.8 Å². The van der Waals surface area contributed by atoms with Crippen LogP contribution in [0.25, 0.3) is 0 Å². The Balaban J connectivity index is 2.43. The summed E-state index contributed by atoms with van der Waals surface area (Å²) in [6.07, 6.45) is 2.12. The summed E-state index contributed by atoms with van der Waals surface area (Å²) < 4.78 is 39.7. The van der Waals surface area contributed by atoms with Gasteiger partial charge >= 0.3 is 0 Å². The van der Waals surface area contributed by atoms with Gasteiger partial charge in [-0.05, 0) is 67.6 Å². The smallest absolute Gasteiger partial charge is 0.244 e. The Morgan fingerprint density at radius 3 is 2.21 bits per heavy atom. The molecule has 1 N–H and O–H groups in total. The number of hydrogen-bond donors (Lipinski definition) is 1. The van der Waals surface area contributed by atoms with Gasteiger partial charge in [-0.15, -0.1) is 0 Å². The third-order valence-electron chi connectivity index (χ3n) is 5.66. The summed E-state index contributed by atoms with van der Waals surface area (Å²) >= 11 is 0. The van der Waals surface area contributed by atoms with Crippen LogP contribution in [0.2, 0.25) is 0 Å². The highest BCUT2D eigenvalue weighted by molar-refractivity contribution is 7.92. The molecule has 2 amide bonds. The number of amides is 2. The van der Waals surface area contributed by atoms with Gasteiger partial charge in [-0.1, -0.05) is 32.0 Å². The van der Waals surface area contributed by atoms with Gasteiger partial charge in [0, 0.05) is 13.1 Å². The minimum Gasteiger partial charge on any atom is -0.354 e. The molecule has 0 aliphatic rings. The number of aryl methyl sites for hydroxylation is 2. The molecule has 0 aromatic heterocycles. The van der Waals surface area contributed by atoms with Gasteiger partial charge in [0.15, 0.2) is 0 Å². The maximum Gasteiger partial charge on any atom is 0.244 e. The highest BCUT2D eigenvalue weighted by Crippen LogP contribution is 2.22. The first-order chi connectivity index (χ1) is 16.0. The number of halogens is 1. The van der Waals surface area contributed by atoms with Crippen LogP contribution in [0.1, 0.15) is 43.4 Å². The Labute approximate surface area is 202 Å². The van der Waals surface area contributed by atoms with Gasteiger partial charge in [0.1, 0.15) is 18.4 Å². The number of rotatable bonds is 11. The van der Waals surface area contributed by atoms with Crippen LogP contribution in [0.3, 0.4) is 0 Å². The molecular weight excluding hydrogens is 457 g/mol. The normalized spacial score (nSPS) is 12.2. The van der Waals surface area contributed by atoms with Crippen molar-refractivity contribution in [2.45, 2.75) is 53.1 Å². The van der Waals surface area contributed by atoms with Crippen molar-refractivity contribution in [2.24, 2.45) is 0 Å². The van der Waals surface area contributed by atoms with Crippen LogP contribution >= 0.6 is 0 Å². The zero-order chi connectivity index (χ0) is 25.5. The highest BCUT2D eigenvalue weighted by Gasteiger charge is 2.31. The van der Waals surface area contributed by atoms with Crippen molar-refractivity contribution < 1.29 is 22.4 Å². The lowest BCUT2D eigenvalue weighted by Gasteiger charge is -2.33. The van der Waals surface area contributed by atoms with E-state index >= 15 is 0 Å². The Morgan fingerprint density at radius 1 is 1.03 bits per heavy atom. The summed E-state index contributed by atoms with van der Waals surface area (Å²) in [7, 11) is -3.79. The predicted octanol–water partition coefficient (Wildman–Crippen LogP) is 3.54. The molecule has 0 aliphatic carbocycles. The van der Waals surface area contributed by atoms with E-state index in [1.807, 2.05) is 20.8 Å². The van der Waals surface area contributed by atoms with E-state index in [-0.39, 0.29) is 12.5 Å². The second kappa shape index (κ2) is 12.0. The maximum atomic E-state index is 13.5. The summed E-state index contributed by atoms with van der Waals surface area (Å²) in [5.41, 5.74) is 2.91. The predicted molar refractivity (Wildman–Crippen MR) is 132 cm³/mol. The number of anilines is 1. The second-order valence-electron chi connectivity index (χ2n) is 8.40. The molecule has 0 spiro atoms. The Bertz CT molecular complexity index is 1100. The summed E-state index contributed by atoms with van der Waals surface area (Å²) in [5.74, 6) is -1.24. The summed E-state index contributed by atoms with van der Waals surface area (Å²) in [6.45, 7) is 7.55. The second-order valence-corrected chi connectivity index (χ2v) is 10.3. The molecule has 0 heterocycles. The van der Waals surface area contributed by atoms with E-state index in [1.165, 1.54) is 17.0 Å². The molecule has 1 unspecified atom stereocenters. The third-order valence-corrected chi connectivity index (χ3v) is 6.80. The molecule has 2 aromatic carbocycles. The molecule has 0 fully saturated rings. The lowest BCUT2D eigenvalue weighted by atomic mass is 10.1. The van der Waals surface area contributed by atoms with Crippen molar-refractivity contribution in [1.82, 2.24) is 10.2 Å². The molecule has 0 aliphatic heterocycles. The molecule has 0 radical (unpaired) electrons. The quantitative estimate of drug-likeness (QED) is 0.521. The average Bonchev–Trinajstić information content (AvgIpc) is 2.78. The third kappa shape index (κ3) is 7.28. The minimum absolute atomic E-state index is 0.0433. The van der Waals surface area contributed by atoms with Crippen molar-refractivity contribution >= 4 is 27.5 Å². The Morgan fingerprint density at radius 2 is 1.68 bits per heavy atom. The molecule has 186 valence electrons. The first-order valence-electron chi connectivity index (χ1n) is 11.3. The van der Waals surface area contributed by atoms with E-state index in [9.17, 15) is 22.4 Å². The number of carbonyl (C=O) groups is 2. The lowest BCUT2D eigenvalue weighted by Crippen LogP contribution is -2.52. The van der Waals surface area contributed by atoms with Crippen LogP contribution < -0.4 is 9.62 Å². The van der Waals surface area contributed by atoms with E-state index in [2.05, 4.69) is 5.32 Å². The van der Waals surface area contributed by atoms with Crippen LogP contribution in [0.5, 0.6) is 0 Å². The highest BCUT2D eigenvalue weighted by atomic mass is 32.2. The Hall–Kier alpha value is -2.94. The summed E-state index contributed by atoms with van der Waals surface area (Å²) in [6, 6.07) is 10.0. The van der Waals surface area contributed by atoms with Gasteiger partial charge in [0.25, 0.3) is 0 Å². The number of benzene rings is 2. The monoisotopic (exact) mass is 491 g/mol. The first kappa shape index (κ1) is 27.3. The molecule has 34 heavy (non-hydrogen) atoms. The molecular formula is C25H34FN3O4S. The molecule has 2 aromatic rings. The van der Waals surface area contributed by atoms with Gasteiger partial charge in [-0.3, -0.25) is 13.9 Å². The zero-order valence-corrected chi connectivity index (χ0v) is 21.3. The fourth-order valence-electron chi connectivity index (χ4n) is 3.57. The van der Waals surface area contributed by atoms with Crippen LogP contribution in [-0.4, -0.2) is 50.5 Å². The minimum atomic E-state index is -3.79. The zero-order valence-electron chi connectivity index (χ0n) is 20.5. The SMILES string of the molecule is CCCNC(=O)C(CC)N(Cc1ccc(F)cc1)C(=O)CN(c1ccc(C)c(C)c1)S(C)(=O)=O. The molecule has 1 atom stereocenters. The number of sulfonamides is 1. The van der Waals surface area contributed by atoms with Gasteiger partial charge in [0.05, 0.1) is 11.9 Å². The standard InChI is InChI=1S/C25H34FN3O4S/c1-6-14-27-25(31)23(7-2)28(16-20-9-11-21(26)12-10-20)24(30)17-29(34(5,32)33)22-13-8-18(3)19(4)15-22/h8-13,15,23H,6-7,14,16-17H2,1-5H3,(H,27,31). The average molecular weight is 492 g/mol. The van der Waals surface area contributed by atoms with E-state index in [4.69, 9.17) is 0 Å². The van der Waals surface area contributed by atoms with Crippen molar-refractivity contribution in [3.8, 4) is 0 Å². The molecule has 0 saturated heterocycles. The van der Waals surface area contributed by atoms with Gasteiger partial charge < -0.3 is 10.2 Å². The lowest BCUT2D eigenvalue weighted by molar-refractivity contribution is -0.140. The van der Waals surface area contributed by atoms with E-state index in [0.29, 0.717) is 24.2 Å². The molecule has 0 bridgehead atoms. The van der Waals surface area contributed by atoms with Crippen LogP contribution in [-0.2, 0) is 26.2 Å². The van der Waals surface area contributed by atoms with Gasteiger partial charge in [-0.2, -0.15) is 0 Å². The number of carbonyl (C=O) groups excluding carboxylic acids is 2. The van der Waals surface area contributed by atoms with Crippen molar-refractivity contribution in [2.75, 3.05) is 23.7 Å². The molecule has 2 rings (SSSR count). The summed E-state index contributed by atoms with van der Waals surface area (Å²) in [4.78, 5) is 27.8. The molecule has 9 heteroatoms. The summed E-state index contributed by atoms with van der Waals surface area (Å²) in [5, 5.41) is 2.82. The first-order valence-corrected chi connectivity index (χ1v) is 13.2. The number of nitrogens with zero attached hydrogens (tertiary/aromatic N) is 2. The van der Waals surface area contributed by atoms with E-state index in [0.717, 1.165) is 28.1 Å². The maximum absolute atomic E-state index is 13.5. The van der Waals surface area contributed by atoms with E-state index in [1.54, 1.807) is 37.3 Å². The number of hydrogen-bond acceptors (Lipinski definition) is 4. The van der Waals surface area contributed by atoms with Gasteiger partial charge in [-0.25, -0.2) is 12.8 Å². The van der Waals surface area contributed by atoms with Crippen molar-refractivity contribution in [1.29, 1.82) is 0 Å². The fraction of sp³-hybridized carbons (Fsp3) is 0.440. The van der Waals surface area contributed by atoms with Gasteiger partial charge in [0.2, 0.25) is 21.8 Å². The van der Waals surface area contributed by atoms with Crippen LogP contribution in [0.15, 0.2) is 42.5 Å².